The van der Waals surface area contributed by atoms with E-state index < -0.39 is 16.5 Å². The van der Waals surface area contributed by atoms with E-state index in [1.54, 1.807) is 0 Å². The molecule has 1 aromatic rings. The highest BCUT2D eigenvalue weighted by Crippen LogP contribution is 2.23. The minimum Gasteiger partial charge on any atom is -0.456 e. The number of nitrogens with zero attached hydrogens (tertiary/aromatic N) is 1. The van der Waals surface area contributed by atoms with Gasteiger partial charge in [-0.05, 0) is 31.9 Å². The molecular formula is C14H19NO4. The third-order valence-electron chi connectivity index (χ3n) is 3.18. The number of carbonyl (C=O) groups excluding carboxylic acids is 1. The van der Waals surface area contributed by atoms with E-state index in [2.05, 4.69) is 0 Å². The summed E-state index contributed by atoms with van der Waals surface area (Å²) in [6.45, 7) is 5.91. The van der Waals surface area contributed by atoms with Crippen LogP contribution >= 0.6 is 0 Å². The van der Waals surface area contributed by atoms with Gasteiger partial charge in [-0.1, -0.05) is 20.3 Å². The van der Waals surface area contributed by atoms with Crippen molar-refractivity contribution in [1.82, 2.24) is 0 Å². The van der Waals surface area contributed by atoms with Crippen LogP contribution in [0.2, 0.25) is 0 Å². The van der Waals surface area contributed by atoms with Crippen LogP contribution in [-0.4, -0.2) is 16.5 Å². The third-order valence-corrected chi connectivity index (χ3v) is 3.18. The Balaban J connectivity index is 2.80. The van der Waals surface area contributed by atoms with Crippen molar-refractivity contribution in [3.63, 3.8) is 0 Å². The average Bonchev–Trinajstić information content (AvgIpc) is 2.39. The minimum absolute atomic E-state index is 0.0386. The Hall–Kier alpha value is -1.91. The van der Waals surface area contributed by atoms with Gasteiger partial charge < -0.3 is 4.74 Å². The quantitative estimate of drug-likeness (QED) is 0.446. The number of benzene rings is 1. The Kier molecular flexibility index (Phi) is 5.03. The molecule has 104 valence electrons. The first kappa shape index (κ1) is 15.1. The summed E-state index contributed by atoms with van der Waals surface area (Å²) in [5.74, 6) is -0.437. The molecule has 0 aliphatic carbocycles. The van der Waals surface area contributed by atoms with Crippen molar-refractivity contribution < 1.29 is 14.5 Å². The Morgan fingerprint density at radius 1 is 1.32 bits per heavy atom. The SMILES string of the molecule is CCC[C@](C)(CC)OC(=O)c1ccc([N+](=O)[O-])cc1. The molecule has 1 aromatic carbocycles. The molecule has 0 aliphatic heterocycles. The lowest BCUT2D eigenvalue weighted by Gasteiger charge is -2.28. The molecule has 1 rings (SSSR count). The molecule has 0 aromatic heterocycles. The summed E-state index contributed by atoms with van der Waals surface area (Å²) in [6, 6.07) is 5.45. The largest absolute Gasteiger partial charge is 0.456 e. The molecule has 0 radical (unpaired) electrons. The van der Waals surface area contributed by atoms with Crippen LogP contribution in [0.1, 0.15) is 50.4 Å². The fraction of sp³-hybridized carbons (Fsp3) is 0.500. The minimum atomic E-state index is -0.498. The zero-order valence-corrected chi connectivity index (χ0v) is 11.5. The molecule has 0 amide bonds. The predicted molar refractivity (Wildman–Crippen MR) is 72.1 cm³/mol. The van der Waals surface area contributed by atoms with Crippen molar-refractivity contribution >= 4 is 11.7 Å². The van der Waals surface area contributed by atoms with Crippen molar-refractivity contribution in [2.75, 3.05) is 0 Å². The molecule has 0 spiro atoms. The van der Waals surface area contributed by atoms with Gasteiger partial charge in [-0.25, -0.2) is 4.79 Å². The third kappa shape index (κ3) is 4.05. The fourth-order valence-electron chi connectivity index (χ4n) is 1.83. The molecule has 1 atom stereocenters. The van der Waals surface area contributed by atoms with Crippen molar-refractivity contribution in [2.24, 2.45) is 0 Å². The van der Waals surface area contributed by atoms with Gasteiger partial charge in [0.05, 0.1) is 10.5 Å². The second kappa shape index (κ2) is 6.31. The van der Waals surface area contributed by atoms with Crippen LogP contribution in [0, 0.1) is 10.1 Å². The highest BCUT2D eigenvalue weighted by atomic mass is 16.6. The van der Waals surface area contributed by atoms with E-state index >= 15 is 0 Å². The van der Waals surface area contributed by atoms with E-state index in [0.29, 0.717) is 5.56 Å². The number of hydrogen-bond acceptors (Lipinski definition) is 4. The first-order valence-electron chi connectivity index (χ1n) is 6.39. The second-order valence-corrected chi connectivity index (χ2v) is 4.75. The number of nitro benzene ring substituents is 1. The average molecular weight is 265 g/mol. The van der Waals surface area contributed by atoms with Gasteiger partial charge in [0.25, 0.3) is 5.69 Å². The summed E-state index contributed by atoms with van der Waals surface area (Å²) in [5.41, 5.74) is -0.183. The van der Waals surface area contributed by atoms with Gasteiger partial charge in [0.1, 0.15) is 5.60 Å². The van der Waals surface area contributed by atoms with E-state index in [9.17, 15) is 14.9 Å². The van der Waals surface area contributed by atoms with E-state index in [0.717, 1.165) is 19.3 Å². The van der Waals surface area contributed by atoms with Crippen LogP contribution in [0.15, 0.2) is 24.3 Å². The smallest absolute Gasteiger partial charge is 0.338 e. The van der Waals surface area contributed by atoms with Crippen LogP contribution < -0.4 is 0 Å². The van der Waals surface area contributed by atoms with Crippen LogP contribution in [0.4, 0.5) is 5.69 Å². The van der Waals surface area contributed by atoms with E-state index in [4.69, 9.17) is 4.74 Å². The second-order valence-electron chi connectivity index (χ2n) is 4.75. The predicted octanol–water partition coefficient (Wildman–Crippen LogP) is 3.72. The van der Waals surface area contributed by atoms with Crippen molar-refractivity contribution in [3.05, 3.63) is 39.9 Å². The lowest BCUT2D eigenvalue weighted by molar-refractivity contribution is -0.384. The standard InChI is InChI=1S/C14H19NO4/c1-4-10-14(3,5-2)19-13(16)11-6-8-12(9-7-11)15(17)18/h6-9H,4-5,10H2,1-3H3/t14-/m0/s1. The zero-order chi connectivity index (χ0) is 14.5. The molecule has 0 heterocycles. The monoisotopic (exact) mass is 265 g/mol. The van der Waals surface area contributed by atoms with Gasteiger partial charge in [0.15, 0.2) is 0 Å². The topological polar surface area (TPSA) is 69.4 Å². The van der Waals surface area contributed by atoms with Crippen LogP contribution in [0.5, 0.6) is 0 Å². The highest BCUT2D eigenvalue weighted by Gasteiger charge is 2.26. The van der Waals surface area contributed by atoms with E-state index in [1.807, 2.05) is 20.8 Å². The fourth-order valence-corrected chi connectivity index (χ4v) is 1.83. The maximum Gasteiger partial charge on any atom is 0.338 e. The van der Waals surface area contributed by atoms with Gasteiger partial charge >= 0.3 is 5.97 Å². The van der Waals surface area contributed by atoms with E-state index in [1.165, 1.54) is 24.3 Å². The molecule has 0 bridgehead atoms. The number of hydrogen-bond donors (Lipinski definition) is 0. The van der Waals surface area contributed by atoms with Gasteiger partial charge in [-0.2, -0.15) is 0 Å². The number of esters is 1. The number of non-ortho nitro benzene ring substituents is 1. The maximum absolute atomic E-state index is 12.0. The molecule has 0 unspecified atom stereocenters. The van der Waals surface area contributed by atoms with Gasteiger partial charge in [0, 0.05) is 12.1 Å². The molecule has 0 aliphatic rings. The van der Waals surface area contributed by atoms with E-state index in [-0.39, 0.29) is 5.69 Å². The normalized spacial score (nSPS) is 13.6. The number of ether oxygens (including phenoxy) is 1. The summed E-state index contributed by atoms with van der Waals surface area (Å²) in [5, 5.41) is 10.5. The molecule has 0 N–H and O–H groups in total. The number of rotatable bonds is 6. The molecule has 0 saturated heterocycles. The molecule has 19 heavy (non-hydrogen) atoms. The summed E-state index contributed by atoms with van der Waals surface area (Å²) in [6.07, 6.45) is 2.46. The number of nitro groups is 1. The Morgan fingerprint density at radius 3 is 2.32 bits per heavy atom. The Bertz CT molecular complexity index is 455. The first-order chi connectivity index (χ1) is 8.91. The zero-order valence-electron chi connectivity index (χ0n) is 11.5. The molecule has 5 nitrogen and oxygen atoms in total. The van der Waals surface area contributed by atoms with Crippen molar-refractivity contribution in [2.45, 2.75) is 45.6 Å². The molecular weight excluding hydrogens is 246 g/mol. The van der Waals surface area contributed by atoms with Crippen molar-refractivity contribution in [3.8, 4) is 0 Å². The lowest BCUT2D eigenvalue weighted by atomic mass is 9.97. The van der Waals surface area contributed by atoms with Crippen LogP contribution in [-0.2, 0) is 4.74 Å². The lowest BCUT2D eigenvalue weighted by Crippen LogP contribution is -2.30. The van der Waals surface area contributed by atoms with Gasteiger partial charge in [-0.3, -0.25) is 10.1 Å². The Labute approximate surface area is 112 Å². The van der Waals surface area contributed by atoms with Gasteiger partial charge in [0.2, 0.25) is 0 Å². The highest BCUT2D eigenvalue weighted by molar-refractivity contribution is 5.89. The van der Waals surface area contributed by atoms with Gasteiger partial charge in [-0.15, -0.1) is 0 Å². The molecule has 5 heteroatoms. The summed E-state index contributed by atoms with van der Waals surface area (Å²) < 4.78 is 5.51. The number of carbonyl (C=O) groups is 1. The Morgan fingerprint density at radius 2 is 1.89 bits per heavy atom. The van der Waals surface area contributed by atoms with Crippen LogP contribution in [0.3, 0.4) is 0 Å². The molecule has 0 saturated carbocycles. The maximum atomic E-state index is 12.0. The first-order valence-corrected chi connectivity index (χ1v) is 6.39. The molecule has 0 fully saturated rings. The van der Waals surface area contributed by atoms with Crippen LogP contribution in [0.25, 0.3) is 0 Å². The summed E-state index contributed by atoms with van der Waals surface area (Å²) in [4.78, 5) is 22.0. The van der Waals surface area contributed by atoms with Crippen molar-refractivity contribution in [1.29, 1.82) is 0 Å². The summed E-state index contributed by atoms with van der Waals surface area (Å²) >= 11 is 0. The summed E-state index contributed by atoms with van der Waals surface area (Å²) in [7, 11) is 0.